The molecule has 2 atom stereocenters. The molecule has 0 aliphatic carbocycles. The van der Waals surface area contributed by atoms with Crippen LogP contribution in [0.4, 0.5) is 10.8 Å². The molecule has 1 fully saturated rings. The number of nitrogens with one attached hydrogen (secondary N) is 3. The lowest BCUT2D eigenvalue weighted by Gasteiger charge is -2.49. The van der Waals surface area contributed by atoms with Crippen LogP contribution in [0.5, 0.6) is 0 Å². The van der Waals surface area contributed by atoms with Crippen LogP contribution in [0.2, 0.25) is 0 Å². The minimum Gasteiger partial charge on any atom is -0.479 e. The number of hydrogen-bond acceptors (Lipinski definition) is 11. The Labute approximate surface area is 232 Å². The van der Waals surface area contributed by atoms with Gasteiger partial charge in [0.05, 0.1) is 0 Å². The molecule has 0 saturated carbocycles. The van der Waals surface area contributed by atoms with Crippen molar-refractivity contribution in [1.29, 1.82) is 0 Å². The van der Waals surface area contributed by atoms with Crippen LogP contribution in [0.3, 0.4) is 0 Å². The van der Waals surface area contributed by atoms with E-state index in [-0.39, 0.29) is 28.8 Å². The zero-order chi connectivity index (χ0) is 28.8. The van der Waals surface area contributed by atoms with E-state index >= 15 is 0 Å². The summed E-state index contributed by atoms with van der Waals surface area (Å²) in [6.07, 6.45) is 4.18. The van der Waals surface area contributed by atoms with Crippen molar-refractivity contribution in [2.75, 3.05) is 23.0 Å². The van der Waals surface area contributed by atoms with E-state index in [0.717, 1.165) is 16.2 Å². The molecule has 4 rings (SSSR count). The van der Waals surface area contributed by atoms with Crippen molar-refractivity contribution >= 4 is 76.2 Å². The van der Waals surface area contributed by atoms with Crippen molar-refractivity contribution in [3.63, 3.8) is 0 Å². The smallest absolute Gasteiger partial charge is 0.352 e. The molecule has 5 N–H and O–H groups in total. The first-order valence-electron chi connectivity index (χ1n) is 11.2. The Bertz CT molecular complexity index is 1440. The summed E-state index contributed by atoms with van der Waals surface area (Å²) < 4.78 is 1.66. The summed E-state index contributed by atoms with van der Waals surface area (Å²) in [4.78, 5) is 80.4. The Morgan fingerprint density at radius 3 is 2.73 bits per heavy atom. The first-order valence-corrected chi connectivity index (χ1v) is 13.1. The third-order valence-corrected chi connectivity index (χ3v) is 7.59. The van der Waals surface area contributed by atoms with E-state index in [0.29, 0.717) is 24.1 Å². The number of carboxylic acid groups (broad SMARTS) is 2. The summed E-state index contributed by atoms with van der Waals surface area (Å²) in [5, 5.41) is 30.4. The Morgan fingerprint density at radius 2 is 2.02 bits per heavy atom. The molecule has 4 heterocycles. The molecule has 2 aromatic heterocycles. The highest BCUT2D eigenvalue weighted by atomic mass is 32.2. The summed E-state index contributed by atoms with van der Waals surface area (Å²) in [7, 11) is 0. The number of thiazole rings is 1. The van der Waals surface area contributed by atoms with Crippen molar-refractivity contribution in [3.05, 3.63) is 46.9 Å². The van der Waals surface area contributed by atoms with E-state index in [2.05, 4.69) is 26.1 Å². The summed E-state index contributed by atoms with van der Waals surface area (Å²) in [5.74, 6) is -4.02. The first kappa shape index (κ1) is 28.2. The highest BCUT2D eigenvalue weighted by Gasteiger charge is 2.54. The fourth-order valence-corrected chi connectivity index (χ4v) is 5.85. The maximum Gasteiger partial charge on any atom is 0.352 e. The monoisotopic (exact) mass is 590 g/mol. The maximum atomic E-state index is 13.1. The van der Waals surface area contributed by atoms with Crippen LogP contribution in [-0.2, 0) is 40.1 Å². The molecule has 2 aliphatic rings. The highest BCUT2D eigenvalue weighted by Crippen LogP contribution is 2.40. The molecule has 0 radical (unpaired) electrons. The fraction of sp³-hybridized carbons (Fsp3) is 0.227. The van der Waals surface area contributed by atoms with Crippen molar-refractivity contribution < 1.29 is 48.4 Å². The molecule has 2 aliphatic heterocycles. The number of β-lactam (4-membered cyclic amide) rings is 1. The predicted octanol–water partition coefficient (Wildman–Crippen LogP) is -1.19. The first-order chi connectivity index (χ1) is 19.2. The van der Waals surface area contributed by atoms with Crippen molar-refractivity contribution in [2.24, 2.45) is 5.16 Å². The zero-order valence-corrected chi connectivity index (χ0v) is 21.8. The standard InChI is InChI=1S/C22H19N7O9S2/c30-9-23-12-2-1-3-28(5-12)4-11-7-39-20-16(19(35)29(20)17(11)21(36)37)26-18(34)15(27-38-6-14(32)33)13-8-40-22(25-13)24-10-31/h1-3,5,8-10,16,20H,4,6-7H2,(H4-,23,24,25,26,30,31,32,33,34,36,37)/p+1/t16?,20-/m1/s1. The zero-order valence-electron chi connectivity index (χ0n) is 20.2. The van der Waals surface area contributed by atoms with E-state index in [9.17, 15) is 33.9 Å². The number of aromatic nitrogens is 2. The number of amides is 4. The van der Waals surface area contributed by atoms with Gasteiger partial charge in [-0.15, -0.1) is 23.1 Å². The number of carboxylic acids is 2. The van der Waals surface area contributed by atoms with Crippen LogP contribution < -0.4 is 20.5 Å². The second-order valence-electron chi connectivity index (χ2n) is 8.05. The molecule has 0 aromatic carbocycles. The number of anilines is 2. The minimum atomic E-state index is -1.35. The molecule has 2 aromatic rings. The van der Waals surface area contributed by atoms with Crippen LogP contribution in [0.25, 0.3) is 0 Å². The number of thioether (sulfide) groups is 1. The highest BCUT2D eigenvalue weighted by molar-refractivity contribution is 8.00. The fourth-order valence-electron chi connectivity index (χ4n) is 3.86. The molecule has 16 nitrogen and oxygen atoms in total. The van der Waals surface area contributed by atoms with Gasteiger partial charge in [0.15, 0.2) is 29.8 Å². The average Bonchev–Trinajstić information content (AvgIpc) is 3.37. The van der Waals surface area contributed by atoms with E-state index in [1.807, 2.05) is 0 Å². The molecular weight excluding hydrogens is 570 g/mol. The van der Waals surface area contributed by atoms with Crippen molar-refractivity contribution in [1.82, 2.24) is 15.2 Å². The number of hydrogen-bond donors (Lipinski definition) is 5. The second kappa shape index (κ2) is 12.3. The van der Waals surface area contributed by atoms with Crippen LogP contribution in [0.15, 0.2) is 46.3 Å². The van der Waals surface area contributed by atoms with Gasteiger partial charge in [0.25, 0.3) is 11.8 Å². The normalized spacial score (nSPS) is 18.2. The largest absolute Gasteiger partial charge is 0.479 e. The molecule has 1 unspecified atom stereocenters. The van der Waals surface area contributed by atoms with Crippen LogP contribution >= 0.6 is 23.1 Å². The number of aliphatic carboxylic acids is 2. The van der Waals surface area contributed by atoms with Gasteiger partial charge >= 0.3 is 11.9 Å². The molecule has 1 saturated heterocycles. The topological polar surface area (TPSA) is 221 Å². The molecule has 4 amide bonds. The maximum absolute atomic E-state index is 13.1. The Hall–Kier alpha value is -4.84. The number of fused-ring (bicyclic) bond motifs is 1. The summed E-state index contributed by atoms with van der Waals surface area (Å²) in [5.41, 5.74) is 0.246. The molecule has 40 heavy (non-hydrogen) atoms. The van der Waals surface area contributed by atoms with Gasteiger partial charge in [-0.3, -0.25) is 24.1 Å². The number of oxime groups is 1. The van der Waals surface area contributed by atoms with Gasteiger partial charge in [0.2, 0.25) is 19.4 Å². The van der Waals surface area contributed by atoms with Crippen LogP contribution in [0.1, 0.15) is 5.69 Å². The summed E-state index contributed by atoms with van der Waals surface area (Å²) in [6.45, 7) is -0.716. The lowest BCUT2D eigenvalue weighted by Crippen LogP contribution is -2.71. The second-order valence-corrected chi connectivity index (χ2v) is 10.0. The molecule has 0 spiro atoms. The van der Waals surface area contributed by atoms with Crippen molar-refractivity contribution in [2.45, 2.75) is 18.0 Å². The number of carbonyl (C=O) groups is 6. The molecule has 0 bridgehead atoms. The van der Waals surface area contributed by atoms with E-state index in [1.54, 1.807) is 29.1 Å². The number of carbonyl (C=O) groups excluding carboxylic acids is 4. The lowest BCUT2D eigenvalue weighted by molar-refractivity contribution is -0.688. The van der Waals surface area contributed by atoms with Gasteiger partial charge < -0.3 is 31.0 Å². The van der Waals surface area contributed by atoms with Gasteiger partial charge in [-0.05, 0) is 6.07 Å². The van der Waals surface area contributed by atoms with Gasteiger partial charge in [-0.25, -0.2) is 14.6 Å². The lowest BCUT2D eigenvalue weighted by atomic mass is 10.0. The van der Waals surface area contributed by atoms with Crippen molar-refractivity contribution in [3.8, 4) is 0 Å². The third-order valence-electron chi connectivity index (χ3n) is 5.48. The number of rotatable bonds is 13. The Kier molecular flexibility index (Phi) is 8.70. The SMILES string of the molecule is O=CNc1ccc[n+](CC2=C(C(=O)O)N3C(=O)C(NC(=O)C(=NOCC(=O)O)c4csc(NC=O)n4)[C@H]3SC2)c1. The van der Waals surface area contributed by atoms with Crippen LogP contribution in [0, 0.1) is 0 Å². The van der Waals surface area contributed by atoms with E-state index < -0.39 is 47.5 Å². The van der Waals surface area contributed by atoms with E-state index in [4.69, 9.17) is 9.94 Å². The molecule has 208 valence electrons. The Morgan fingerprint density at radius 1 is 1.25 bits per heavy atom. The summed E-state index contributed by atoms with van der Waals surface area (Å²) in [6, 6.07) is 2.22. The predicted molar refractivity (Wildman–Crippen MR) is 138 cm³/mol. The number of pyridine rings is 1. The van der Waals surface area contributed by atoms with Crippen LogP contribution in [-0.4, -0.2) is 86.2 Å². The summed E-state index contributed by atoms with van der Waals surface area (Å²) >= 11 is 2.21. The molecule has 18 heteroatoms. The number of nitrogens with zero attached hydrogens (tertiary/aromatic N) is 4. The van der Waals surface area contributed by atoms with Gasteiger partial charge in [-0.1, -0.05) is 5.16 Å². The Balaban J connectivity index is 1.53. The average molecular weight is 591 g/mol. The van der Waals surface area contributed by atoms with Gasteiger partial charge in [-0.2, -0.15) is 4.57 Å². The van der Waals surface area contributed by atoms with E-state index in [1.165, 1.54) is 17.1 Å². The molecular formula is C22H20N7O9S2+. The minimum absolute atomic E-state index is 0.0473. The van der Waals surface area contributed by atoms with Gasteiger partial charge in [0, 0.05) is 22.8 Å². The van der Waals surface area contributed by atoms with Gasteiger partial charge in [0.1, 0.15) is 28.5 Å². The quantitative estimate of drug-likeness (QED) is 0.0614. The third kappa shape index (κ3) is 6.07.